The van der Waals surface area contributed by atoms with Crippen molar-refractivity contribution in [2.45, 2.75) is 31.4 Å². The van der Waals surface area contributed by atoms with Gasteiger partial charge in [-0.25, -0.2) is 4.79 Å². The van der Waals surface area contributed by atoms with E-state index in [1.165, 1.54) is 4.90 Å². The molecule has 6 heteroatoms. The fourth-order valence-corrected chi connectivity index (χ4v) is 2.67. The minimum absolute atomic E-state index is 0.0437. The fourth-order valence-electron chi connectivity index (χ4n) is 2.67. The summed E-state index contributed by atoms with van der Waals surface area (Å²) in [6, 6.07) is 8.87. The van der Waals surface area contributed by atoms with Gasteiger partial charge in [0.15, 0.2) is 0 Å². The lowest BCUT2D eigenvalue weighted by Crippen LogP contribution is -2.48. The first kappa shape index (κ1) is 17.3. The van der Waals surface area contributed by atoms with E-state index in [0.717, 1.165) is 18.4 Å². The van der Waals surface area contributed by atoms with Crippen LogP contribution in [0, 0.1) is 0 Å². The lowest BCUT2D eigenvalue weighted by Gasteiger charge is -2.32. The number of carbonyl (C=O) groups is 2. The summed E-state index contributed by atoms with van der Waals surface area (Å²) < 4.78 is 0. The number of aliphatic hydroxyl groups is 1. The highest BCUT2D eigenvalue weighted by Gasteiger charge is 2.25. The van der Waals surface area contributed by atoms with Crippen LogP contribution in [-0.4, -0.2) is 60.1 Å². The second-order valence-electron chi connectivity index (χ2n) is 6.15. The topological polar surface area (TPSA) is 72.9 Å². The number of piperidine rings is 1. The molecule has 3 amide bonds. The van der Waals surface area contributed by atoms with Crippen molar-refractivity contribution in [3.63, 3.8) is 0 Å². The molecule has 1 aromatic carbocycles. The van der Waals surface area contributed by atoms with Gasteiger partial charge in [0.2, 0.25) is 5.91 Å². The first-order chi connectivity index (χ1) is 11.0. The Hall–Kier alpha value is -2.08. The number of hydrogen-bond donors (Lipinski definition) is 2. The van der Waals surface area contributed by atoms with E-state index in [4.69, 9.17) is 0 Å². The predicted octanol–water partition coefficient (Wildman–Crippen LogP) is 1.37. The Morgan fingerprint density at radius 1 is 1.35 bits per heavy atom. The van der Waals surface area contributed by atoms with Gasteiger partial charge in [-0.05, 0) is 18.4 Å². The van der Waals surface area contributed by atoms with Gasteiger partial charge in [-0.3, -0.25) is 4.79 Å². The summed E-state index contributed by atoms with van der Waals surface area (Å²) in [7, 11) is 3.40. The number of benzene rings is 1. The van der Waals surface area contributed by atoms with Crippen molar-refractivity contribution in [1.82, 2.24) is 15.1 Å². The number of hydrogen-bond acceptors (Lipinski definition) is 3. The number of carbonyl (C=O) groups excluding carboxylic acids is 2. The van der Waals surface area contributed by atoms with Gasteiger partial charge in [0.05, 0.1) is 18.6 Å². The SMILES string of the molecule is CN(C)C(=O)CC(NC(=O)N1CCCC(O)C1)c1ccccc1. The maximum absolute atomic E-state index is 12.5. The molecule has 0 aromatic heterocycles. The number of aliphatic hydroxyl groups excluding tert-OH is 1. The van der Waals surface area contributed by atoms with Crippen molar-refractivity contribution in [3.8, 4) is 0 Å². The molecule has 1 aromatic rings. The van der Waals surface area contributed by atoms with Crippen LogP contribution < -0.4 is 5.32 Å². The Kier molecular flexibility index (Phi) is 5.98. The van der Waals surface area contributed by atoms with E-state index in [1.807, 2.05) is 30.3 Å². The Bertz CT molecular complexity index is 533. The Labute approximate surface area is 137 Å². The van der Waals surface area contributed by atoms with E-state index >= 15 is 0 Å². The number of rotatable bonds is 4. The third-order valence-corrected chi connectivity index (χ3v) is 4.06. The summed E-state index contributed by atoms with van der Waals surface area (Å²) in [5.41, 5.74) is 0.897. The molecule has 1 saturated heterocycles. The van der Waals surface area contributed by atoms with Gasteiger partial charge in [-0.15, -0.1) is 0 Å². The van der Waals surface area contributed by atoms with E-state index in [0.29, 0.717) is 13.1 Å². The fraction of sp³-hybridized carbons (Fsp3) is 0.529. The average molecular weight is 319 g/mol. The van der Waals surface area contributed by atoms with Crippen LogP contribution in [0.1, 0.15) is 30.9 Å². The van der Waals surface area contributed by atoms with Crippen LogP contribution in [0.3, 0.4) is 0 Å². The van der Waals surface area contributed by atoms with Gasteiger partial charge in [-0.2, -0.15) is 0 Å². The summed E-state index contributed by atoms with van der Waals surface area (Å²) in [6.07, 6.45) is 1.26. The minimum atomic E-state index is -0.465. The zero-order valence-corrected chi connectivity index (χ0v) is 13.7. The van der Waals surface area contributed by atoms with Gasteiger partial charge >= 0.3 is 6.03 Å². The molecule has 1 aliphatic heterocycles. The number of β-amino-alcohol motifs (C(OH)–C–C–N with tert-alkyl or cyclic N) is 1. The number of nitrogens with zero attached hydrogens (tertiary/aromatic N) is 2. The van der Waals surface area contributed by atoms with Crippen molar-refractivity contribution in [1.29, 1.82) is 0 Å². The van der Waals surface area contributed by atoms with Crippen LogP contribution in [0.5, 0.6) is 0 Å². The molecule has 0 aliphatic carbocycles. The van der Waals surface area contributed by atoms with Crippen molar-refractivity contribution < 1.29 is 14.7 Å². The Balaban J connectivity index is 2.07. The molecule has 0 radical (unpaired) electrons. The standard InChI is InChI=1S/C17H25N3O3/c1-19(2)16(22)11-15(13-7-4-3-5-8-13)18-17(23)20-10-6-9-14(21)12-20/h3-5,7-8,14-15,21H,6,9-12H2,1-2H3,(H,18,23). The van der Waals surface area contributed by atoms with Gasteiger partial charge in [0.1, 0.15) is 0 Å². The van der Waals surface area contributed by atoms with Crippen LogP contribution in [-0.2, 0) is 4.79 Å². The molecule has 2 rings (SSSR count). The third kappa shape index (κ3) is 4.96. The predicted molar refractivity (Wildman–Crippen MR) is 87.8 cm³/mol. The molecule has 0 bridgehead atoms. The summed E-state index contributed by atoms with van der Waals surface area (Å²) >= 11 is 0. The molecule has 1 heterocycles. The summed E-state index contributed by atoms with van der Waals surface area (Å²) in [5, 5.41) is 12.7. The smallest absolute Gasteiger partial charge is 0.317 e. The molecule has 1 aliphatic rings. The number of nitrogens with one attached hydrogen (secondary N) is 1. The van der Waals surface area contributed by atoms with Crippen molar-refractivity contribution in [2.24, 2.45) is 0 Å². The average Bonchev–Trinajstić information content (AvgIpc) is 2.54. The van der Waals surface area contributed by atoms with E-state index in [1.54, 1.807) is 19.0 Å². The summed E-state index contributed by atoms with van der Waals surface area (Å²) in [5.74, 6) is -0.0437. The summed E-state index contributed by atoms with van der Waals surface area (Å²) in [4.78, 5) is 27.7. The van der Waals surface area contributed by atoms with Crippen LogP contribution >= 0.6 is 0 Å². The molecule has 126 valence electrons. The Morgan fingerprint density at radius 3 is 2.65 bits per heavy atom. The molecule has 0 saturated carbocycles. The number of likely N-dealkylation sites (tertiary alicyclic amines) is 1. The van der Waals surface area contributed by atoms with Gasteiger partial charge in [-0.1, -0.05) is 30.3 Å². The lowest BCUT2D eigenvalue weighted by molar-refractivity contribution is -0.129. The molecule has 23 heavy (non-hydrogen) atoms. The second-order valence-corrected chi connectivity index (χ2v) is 6.15. The van der Waals surface area contributed by atoms with E-state index in [-0.39, 0.29) is 24.4 Å². The van der Waals surface area contributed by atoms with Crippen LogP contribution in [0.25, 0.3) is 0 Å². The monoisotopic (exact) mass is 319 g/mol. The first-order valence-electron chi connectivity index (χ1n) is 7.96. The van der Waals surface area contributed by atoms with Gasteiger partial charge < -0.3 is 20.2 Å². The molecule has 2 atom stereocenters. The number of amides is 3. The number of urea groups is 1. The van der Waals surface area contributed by atoms with E-state index < -0.39 is 6.10 Å². The summed E-state index contributed by atoms with van der Waals surface area (Å²) in [6.45, 7) is 0.973. The zero-order chi connectivity index (χ0) is 16.8. The third-order valence-electron chi connectivity index (χ3n) is 4.06. The minimum Gasteiger partial charge on any atom is -0.391 e. The highest BCUT2D eigenvalue weighted by atomic mass is 16.3. The van der Waals surface area contributed by atoms with Crippen LogP contribution in [0.4, 0.5) is 4.79 Å². The molecule has 6 nitrogen and oxygen atoms in total. The largest absolute Gasteiger partial charge is 0.391 e. The van der Waals surface area contributed by atoms with Crippen molar-refractivity contribution in [2.75, 3.05) is 27.2 Å². The van der Waals surface area contributed by atoms with E-state index in [2.05, 4.69) is 5.32 Å². The zero-order valence-electron chi connectivity index (χ0n) is 13.7. The quantitative estimate of drug-likeness (QED) is 0.880. The highest BCUT2D eigenvalue weighted by molar-refractivity contribution is 5.79. The maximum atomic E-state index is 12.5. The Morgan fingerprint density at radius 2 is 2.04 bits per heavy atom. The van der Waals surface area contributed by atoms with Gasteiger partial charge in [0, 0.05) is 27.2 Å². The second kappa shape index (κ2) is 7.97. The molecule has 1 fully saturated rings. The molecular weight excluding hydrogens is 294 g/mol. The lowest BCUT2D eigenvalue weighted by atomic mass is 10.0. The first-order valence-corrected chi connectivity index (χ1v) is 7.96. The normalized spacial score (nSPS) is 19.1. The highest BCUT2D eigenvalue weighted by Crippen LogP contribution is 2.19. The van der Waals surface area contributed by atoms with Crippen molar-refractivity contribution in [3.05, 3.63) is 35.9 Å². The van der Waals surface area contributed by atoms with E-state index in [9.17, 15) is 14.7 Å². The molecule has 2 N–H and O–H groups in total. The van der Waals surface area contributed by atoms with Crippen LogP contribution in [0.15, 0.2) is 30.3 Å². The molecule has 2 unspecified atom stereocenters. The molecule has 0 spiro atoms. The van der Waals surface area contributed by atoms with Crippen molar-refractivity contribution >= 4 is 11.9 Å². The van der Waals surface area contributed by atoms with Crippen LogP contribution in [0.2, 0.25) is 0 Å². The van der Waals surface area contributed by atoms with Gasteiger partial charge in [0.25, 0.3) is 0 Å². The maximum Gasteiger partial charge on any atom is 0.317 e. The molecular formula is C17H25N3O3.